The Morgan fingerprint density at radius 2 is 1.85 bits per heavy atom. The highest BCUT2D eigenvalue weighted by atomic mass is 19.1. The van der Waals surface area contributed by atoms with Gasteiger partial charge in [-0.2, -0.15) is 4.39 Å². The molecule has 7 heteroatoms. The van der Waals surface area contributed by atoms with Crippen molar-refractivity contribution in [3.8, 4) is 0 Å². The summed E-state index contributed by atoms with van der Waals surface area (Å²) in [5.74, 6) is -0.617. The molecule has 0 saturated heterocycles. The third kappa shape index (κ3) is 6.15. The predicted octanol–water partition coefficient (Wildman–Crippen LogP) is 4.47. The van der Waals surface area contributed by atoms with Crippen LogP contribution in [0.3, 0.4) is 0 Å². The van der Waals surface area contributed by atoms with Crippen molar-refractivity contribution in [1.82, 2.24) is 10.3 Å². The normalized spacial score (nSPS) is 11.8. The minimum atomic E-state index is -0.805. The Balaban J connectivity index is 2.22. The summed E-state index contributed by atoms with van der Waals surface area (Å²) in [5.41, 5.74) is 1.06. The van der Waals surface area contributed by atoms with E-state index in [0.717, 1.165) is 10.9 Å². The molecule has 2 aromatic rings. The third-order valence-electron chi connectivity index (χ3n) is 3.59. The molecule has 0 saturated carbocycles. The lowest BCUT2D eigenvalue weighted by molar-refractivity contribution is -0.142. The zero-order chi connectivity index (χ0) is 20.0. The largest absolute Gasteiger partial charge is 0.444 e. The van der Waals surface area contributed by atoms with Crippen LogP contribution in [0.5, 0.6) is 0 Å². The number of hydrogen-bond acceptors (Lipinski definition) is 5. The predicted molar refractivity (Wildman–Crippen MR) is 101 cm³/mol. The van der Waals surface area contributed by atoms with E-state index in [1.165, 1.54) is 0 Å². The van der Waals surface area contributed by atoms with Crippen molar-refractivity contribution in [2.24, 2.45) is 0 Å². The van der Waals surface area contributed by atoms with Gasteiger partial charge < -0.3 is 19.5 Å². The standard InChI is InChI=1S/C20H27FN2O4/c1-6-25-18(26-7-2)15-11-14-10-13(8-9-16(14)23-17(15)21)12-22-19(24)27-20(3,4)5/h8-11,18H,6-7,12H2,1-5H3,(H,22,24). The molecule has 1 amide bonds. The number of nitrogens with one attached hydrogen (secondary N) is 1. The van der Waals surface area contributed by atoms with Gasteiger partial charge in [0, 0.05) is 25.1 Å². The Kier molecular flexibility index (Phi) is 7.10. The number of aromatic nitrogens is 1. The van der Waals surface area contributed by atoms with Gasteiger partial charge in [-0.1, -0.05) is 6.07 Å². The minimum Gasteiger partial charge on any atom is -0.444 e. The number of carbonyl (C=O) groups excluding carboxylic acids is 1. The van der Waals surface area contributed by atoms with Gasteiger partial charge in [0.2, 0.25) is 5.95 Å². The molecule has 6 nitrogen and oxygen atoms in total. The van der Waals surface area contributed by atoms with Gasteiger partial charge >= 0.3 is 6.09 Å². The first-order valence-corrected chi connectivity index (χ1v) is 9.02. The maximum absolute atomic E-state index is 14.4. The molecule has 0 radical (unpaired) electrons. The van der Waals surface area contributed by atoms with Crippen LogP contribution in [0.15, 0.2) is 24.3 Å². The van der Waals surface area contributed by atoms with Gasteiger partial charge in [-0.25, -0.2) is 9.78 Å². The molecule has 0 aliphatic heterocycles. The number of fused-ring (bicyclic) bond motifs is 1. The third-order valence-corrected chi connectivity index (χ3v) is 3.59. The van der Waals surface area contributed by atoms with E-state index >= 15 is 0 Å². The van der Waals surface area contributed by atoms with Gasteiger partial charge in [-0.3, -0.25) is 0 Å². The number of halogens is 1. The number of hydrogen-bond donors (Lipinski definition) is 1. The topological polar surface area (TPSA) is 69.7 Å². The molecule has 1 N–H and O–H groups in total. The molecule has 2 rings (SSSR count). The highest BCUT2D eigenvalue weighted by Crippen LogP contribution is 2.25. The summed E-state index contributed by atoms with van der Waals surface area (Å²) in [4.78, 5) is 15.8. The fraction of sp³-hybridized carbons (Fsp3) is 0.500. The number of carbonyl (C=O) groups is 1. The summed E-state index contributed by atoms with van der Waals surface area (Å²) in [6, 6.07) is 7.02. The summed E-state index contributed by atoms with van der Waals surface area (Å²) in [7, 11) is 0. The minimum absolute atomic E-state index is 0.253. The monoisotopic (exact) mass is 378 g/mol. The van der Waals surface area contributed by atoms with Crippen molar-refractivity contribution in [3.05, 3.63) is 41.3 Å². The van der Waals surface area contributed by atoms with Crippen LogP contribution in [-0.2, 0) is 20.8 Å². The summed E-state index contributed by atoms with van der Waals surface area (Å²) in [5, 5.41) is 3.44. The zero-order valence-electron chi connectivity index (χ0n) is 16.5. The van der Waals surface area contributed by atoms with Gasteiger partial charge in [0.15, 0.2) is 6.29 Å². The Labute approximate surface area is 159 Å². The van der Waals surface area contributed by atoms with Crippen LogP contribution in [0.2, 0.25) is 0 Å². The summed E-state index contributed by atoms with van der Waals surface area (Å²) >= 11 is 0. The first-order chi connectivity index (χ1) is 12.7. The van der Waals surface area contributed by atoms with E-state index in [9.17, 15) is 9.18 Å². The van der Waals surface area contributed by atoms with Crippen molar-refractivity contribution >= 4 is 17.0 Å². The molecular formula is C20H27FN2O4. The van der Waals surface area contributed by atoms with E-state index in [0.29, 0.717) is 18.7 Å². The lowest BCUT2D eigenvalue weighted by atomic mass is 10.1. The summed E-state index contributed by atoms with van der Waals surface area (Å²) in [6.07, 6.45) is -1.30. The van der Waals surface area contributed by atoms with Gasteiger partial charge in [0.25, 0.3) is 0 Å². The molecule has 1 heterocycles. The number of pyridine rings is 1. The first kappa shape index (κ1) is 21.1. The molecule has 0 aliphatic carbocycles. The zero-order valence-corrected chi connectivity index (χ0v) is 16.5. The van der Waals surface area contributed by atoms with E-state index in [1.54, 1.807) is 39.0 Å². The average Bonchev–Trinajstić information content (AvgIpc) is 2.58. The van der Waals surface area contributed by atoms with E-state index in [4.69, 9.17) is 14.2 Å². The number of amides is 1. The SMILES string of the molecule is CCOC(OCC)c1cc2cc(CNC(=O)OC(C)(C)C)ccc2nc1F. The smallest absolute Gasteiger partial charge is 0.407 e. The summed E-state index contributed by atoms with van der Waals surface area (Å²) < 4.78 is 30.6. The molecule has 0 fully saturated rings. The molecule has 0 bridgehead atoms. The van der Waals surface area contributed by atoms with Crippen LogP contribution in [0.4, 0.5) is 9.18 Å². The van der Waals surface area contributed by atoms with Crippen LogP contribution in [-0.4, -0.2) is 29.9 Å². The highest BCUT2D eigenvalue weighted by molar-refractivity contribution is 5.80. The van der Waals surface area contributed by atoms with E-state index < -0.39 is 23.9 Å². The van der Waals surface area contributed by atoms with Gasteiger partial charge in [0.1, 0.15) is 5.60 Å². The van der Waals surface area contributed by atoms with E-state index in [-0.39, 0.29) is 12.1 Å². The molecule has 0 aliphatic rings. The van der Waals surface area contributed by atoms with Crippen molar-refractivity contribution in [3.63, 3.8) is 0 Å². The number of alkyl carbamates (subject to hydrolysis) is 1. The number of nitrogens with zero attached hydrogens (tertiary/aromatic N) is 1. The van der Waals surface area contributed by atoms with Crippen LogP contribution < -0.4 is 5.32 Å². The molecule has 1 aromatic heterocycles. The Hall–Kier alpha value is -2.25. The van der Waals surface area contributed by atoms with Gasteiger partial charge in [0.05, 0.1) is 11.1 Å². The van der Waals surface area contributed by atoms with Crippen molar-refractivity contribution < 1.29 is 23.4 Å². The van der Waals surface area contributed by atoms with Crippen LogP contribution in [0.25, 0.3) is 10.9 Å². The Bertz CT molecular complexity index is 783. The molecule has 0 atom stereocenters. The second-order valence-electron chi connectivity index (χ2n) is 6.99. The Morgan fingerprint density at radius 1 is 1.19 bits per heavy atom. The van der Waals surface area contributed by atoms with Crippen molar-refractivity contribution in [1.29, 1.82) is 0 Å². The maximum Gasteiger partial charge on any atom is 0.407 e. The quantitative estimate of drug-likeness (QED) is 0.569. The van der Waals surface area contributed by atoms with Gasteiger partial charge in [-0.15, -0.1) is 0 Å². The second kappa shape index (κ2) is 9.10. The number of benzene rings is 1. The number of rotatable bonds is 7. The molecule has 1 aromatic carbocycles. The fourth-order valence-electron chi connectivity index (χ4n) is 2.51. The van der Waals surface area contributed by atoms with Crippen LogP contribution >= 0.6 is 0 Å². The second-order valence-corrected chi connectivity index (χ2v) is 6.99. The van der Waals surface area contributed by atoms with Crippen LogP contribution in [0.1, 0.15) is 52.0 Å². The van der Waals surface area contributed by atoms with E-state index in [1.807, 2.05) is 19.9 Å². The molecule has 0 spiro atoms. The summed E-state index contributed by atoms with van der Waals surface area (Å²) in [6.45, 7) is 10.1. The molecular weight excluding hydrogens is 351 g/mol. The van der Waals surface area contributed by atoms with Gasteiger partial charge in [-0.05, 0) is 58.4 Å². The van der Waals surface area contributed by atoms with Crippen LogP contribution in [0, 0.1) is 5.95 Å². The Morgan fingerprint density at radius 3 is 2.44 bits per heavy atom. The first-order valence-electron chi connectivity index (χ1n) is 9.02. The lowest BCUT2D eigenvalue weighted by Gasteiger charge is -2.20. The van der Waals surface area contributed by atoms with E-state index in [2.05, 4.69) is 10.3 Å². The van der Waals surface area contributed by atoms with Crippen molar-refractivity contribution in [2.75, 3.05) is 13.2 Å². The number of ether oxygens (including phenoxy) is 3. The average molecular weight is 378 g/mol. The molecule has 148 valence electrons. The highest BCUT2D eigenvalue weighted by Gasteiger charge is 2.19. The fourth-order valence-corrected chi connectivity index (χ4v) is 2.51. The molecule has 27 heavy (non-hydrogen) atoms. The molecule has 0 unspecified atom stereocenters. The lowest BCUT2D eigenvalue weighted by Crippen LogP contribution is -2.32. The van der Waals surface area contributed by atoms with Crippen molar-refractivity contribution in [2.45, 2.75) is 53.1 Å². The maximum atomic E-state index is 14.4.